The average Bonchev–Trinajstić information content (AvgIpc) is 2.57. The van der Waals surface area contributed by atoms with E-state index in [1.807, 2.05) is 4.90 Å². The predicted octanol–water partition coefficient (Wildman–Crippen LogP) is 3.44. The van der Waals surface area contributed by atoms with Gasteiger partial charge in [-0.3, -0.25) is 9.59 Å². The van der Waals surface area contributed by atoms with Gasteiger partial charge in [0.1, 0.15) is 0 Å². The third-order valence-corrected chi connectivity index (χ3v) is 5.66. The molecule has 146 valence electrons. The number of cyclic esters (lactones) is 2. The number of fused-ring (bicyclic) bond motifs is 4. The van der Waals surface area contributed by atoms with Crippen LogP contribution in [0.25, 0.3) is 0 Å². The Morgan fingerprint density at radius 2 is 1.78 bits per heavy atom. The first-order valence-electron chi connectivity index (χ1n) is 8.98. The number of carbonyl (C=O) groups is 2. The van der Waals surface area contributed by atoms with Crippen molar-refractivity contribution in [1.82, 2.24) is 0 Å². The van der Waals surface area contributed by atoms with E-state index in [1.165, 1.54) is 19.9 Å². The van der Waals surface area contributed by atoms with Crippen LogP contribution >= 0.6 is 0 Å². The quantitative estimate of drug-likeness (QED) is 0.507. The third kappa shape index (κ3) is 2.68. The predicted molar refractivity (Wildman–Crippen MR) is 88.8 cm³/mol. The molecule has 27 heavy (non-hydrogen) atoms. The van der Waals surface area contributed by atoms with Crippen LogP contribution in [0.15, 0.2) is 18.2 Å². The molecule has 0 unspecified atom stereocenters. The molecule has 3 heterocycles. The molecule has 0 bridgehead atoms. The summed E-state index contributed by atoms with van der Waals surface area (Å²) >= 11 is 0. The van der Waals surface area contributed by atoms with Crippen molar-refractivity contribution in [2.45, 2.75) is 57.5 Å². The molecule has 1 aromatic rings. The van der Waals surface area contributed by atoms with Gasteiger partial charge in [0.2, 0.25) is 0 Å². The zero-order valence-corrected chi connectivity index (χ0v) is 15.1. The van der Waals surface area contributed by atoms with E-state index in [0.717, 1.165) is 25.0 Å². The number of alkyl halides is 3. The van der Waals surface area contributed by atoms with Crippen molar-refractivity contribution in [2.75, 3.05) is 11.4 Å². The lowest BCUT2D eigenvalue weighted by molar-refractivity contribution is -0.253. The van der Waals surface area contributed by atoms with E-state index < -0.39 is 40.9 Å². The number of halogens is 3. The number of hydrogen-bond acceptors (Lipinski definition) is 5. The fraction of sp³-hybridized carbons (Fsp3) is 0.579. The minimum Gasteiger partial charge on any atom is -0.422 e. The summed E-state index contributed by atoms with van der Waals surface area (Å²) in [7, 11) is 0. The number of nitrogens with zero attached hydrogens (tertiary/aromatic N) is 1. The molecule has 3 aliphatic rings. The van der Waals surface area contributed by atoms with Crippen molar-refractivity contribution in [3.63, 3.8) is 0 Å². The first-order chi connectivity index (χ1) is 12.5. The number of benzene rings is 1. The van der Waals surface area contributed by atoms with E-state index in [0.29, 0.717) is 24.2 Å². The lowest BCUT2D eigenvalue weighted by Gasteiger charge is -2.53. The Balaban J connectivity index is 1.86. The molecule has 1 atom stereocenters. The highest BCUT2D eigenvalue weighted by atomic mass is 19.4. The van der Waals surface area contributed by atoms with Crippen LogP contribution < -0.4 is 4.90 Å². The molecule has 0 saturated carbocycles. The summed E-state index contributed by atoms with van der Waals surface area (Å²) < 4.78 is 50.3. The second-order valence-electron chi connectivity index (χ2n) is 7.87. The van der Waals surface area contributed by atoms with Gasteiger partial charge in [-0.05, 0) is 43.0 Å². The van der Waals surface area contributed by atoms with Crippen LogP contribution in [0.2, 0.25) is 0 Å². The smallest absolute Gasteiger partial charge is 0.416 e. The van der Waals surface area contributed by atoms with Crippen molar-refractivity contribution in [1.29, 1.82) is 0 Å². The number of ether oxygens (including phenoxy) is 2. The average molecular weight is 383 g/mol. The standard InChI is InChI=1S/C19H20F3NO4/c1-17(2)26-15(24)18(16(25)27-17)10-11-9-12(19(20,21)22)6-7-13(11)23-8-4-3-5-14(18)23/h6-7,9,14H,3-5,8,10H2,1-2H3/t14-/m0/s1. The molecule has 1 aromatic carbocycles. The van der Waals surface area contributed by atoms with Gasteiger partial charge in [0.15, 0.2) is 5.41 Å². The summed E-state index contributed by atoms with van der Waals surface area (Å²) in [5, 5.41) is 0. The van der Waals surface area contributed by atoms with E-state index in [2.05, 4.69) is 0 Å². The second-order valence-corrected chi connectivity index (χ2v) is 7.87. The topological polar surface area (TPSA) is 55.8 Å². The summed E-state index contributed by atoms with van der Waals surface area (Å²) in [6, 6.07) is 3.03. The molecular formula is C19H20F3NO4. The fourth-order valence-corrected chi connectivity index (χ4v) is 4.48. The van der Waals surface area contributed by atoms with Crippen LogP contribution in [0.3, 0.4) is 0 Å². The Hall–Kier alpha value is -2.25. The summed E-state index contributed by atoms with van der Waals surface area (Å²) in [5.41, 5.74) is -1.47. The zero-order chi connectivity index (χ0) is 19.6. The summed E-state index contributed by atoms with van der Waals surface area (Å²) in [6.45, 7) is 3.49. The van der Waals surface area contributed by atoms with E-state index in [4.69, 9.17) is 9.47 Å². The lowest BCUT2D eigenvalue weighted by atomic mass is 9.67. The number of esters is 2. The largest absolute Gasteiger partial charge is 0.422 e. The minimum atomic E-state index is -4.50. The SMILES string of the molecule is CC1(C)OC(=O)C2(Cc3cc(C(F)(F)F)ccc3N3CCCC[C@H]32)C(=O)O1. The number of carbonyl (C=O) groups excluding carboxylic acids is 2. The van der Waals surface area contributed by atoms with Crippen molar-refractivity contribution in [2.24, 2.45) is 5.41 Å². The van der Waals surface area contributed by atoms with E-state index in [-0.39, 0.29) is 6.42 Å². The highest BCUT2D eigenvalue weighted by molar-refractivity contribution is 6.04. The first-order valence-corrected chi connectivity index (χ1v) is 8.98. The maximum Gasteiger partial charge on any atom is 0.416 e. The molecule has 4 rings (SSSR count). The van der Waals surface area contributed by atoms with Gasteiger partial charge in [0.05, 0.1) is 11.6 Å². The van der Waals surface area contributed by atoms with Crippen LogP contribution in [0.4, 0.5) is 18.9 Å². The van der Waals surface area contributed by atoms with E-state index in [1.54, 1.807) is 0 Å². The maximum absolute atomic E-state index is 13.2. The Kier molecular flexibility index (Phi) is 3.78. The van der Waals surface area contributed by atoms with Crippen molar-refractivity contribution >= 4 is 17.6 Å². The summed E-state index contributed by atoms with van der Waals surface area (Å²) in [6.07, 6.45) is -2.42. The normalized spacial score (nSPS) is 26.1. The van der Waals surface area contributed by atoms with Crippen molar-refractivity contribution in [3.8, 4) is 0 Å². The first kappa shape index (κ1) is 18.1. The van der Waals surface area contributed by atoms with Gasteiger partial charge in [0.25, 0.3) is 5.79 Å². The van der Waals surface area contributed by atoms with Gasteiger partial charge >= 0.3 is 18.1 Å². The highest BCUT2D eigenvalue weighted by Crippen LogP contribution is 2.50. The van der Waals surface area contributed by atoms with Crippen LogP contribution in [0.5, 0.6) is 0 Å². The molecular weight excluding hydrogens is 363 g/mol. The maximum atomic E-state index is 13.2. The molecule has 8 heteroatoms. The van der Waals surface area contributed by atoms with Gasteiger partial charge in [-0.2, -0.15) is 13.2 Å². The van der Waals surface area contributed by atoms with Gasteiger partial charge < -0.3 is 14.4 Å². The Morgan fingerprint density at radius 1 is 1.11 bits per heavy atom. The van der Waals surface area contributed by atoms with Crippen LogP contribution in [-0.2, 0) is 31.7 Å². The Morgan fingerprint density at radius 3 is 2.41 bits per heavy atom. The molecule has 0 aliphatic carbocycles. The van der Waals surface area contributed by atoms with E-state index in [9.17, 15) is 22.8 Å². The minimum absolute atomic E-state index is 0.152. The molecule has 3 aliphatic heterocycles. The number of piperidine rings is 1. The Bertz CT molecular complexity index is 798. The molecule has 1 spiro atoms. The highest BCUT2D eigenvalue weighted by Gasteiger charge is 2.64. The van der Waals surface area contributed by atoms with Gasteiger partial charge in [0, 0.05) is 32.5 Å². The number of anilines is 1. The molecule has 5 nitrogen and oxygen atoms in total. The van der Waals surface area contributed by atoms with Crippen LogP contribution in [0, 0.1) is 5.41 Å². The van der Waals surface area contributed by atoms with Crippen molar-refractivity contribution in [3.05, 3.63) is 29.3 Å². The summed E-state index contributed by atoms with van der Waals surface area (Å²) in [4.78, 5) is 27.8. The van der Waals surface area contributed by atoms with Gasteiger partial charge in [-0.25, -0.2) is 0 Å². The lowest BCUT2D eigenvalue weighted by Crippen LogP contribution is -2.66. The fourth-order valence-electron chi connectivity index (χ4n) is 4.48. The zero-order valence-electron chi connectivity index (χ0n) is 15.1. The third-order valence-electron chi connectivity index (χ3n) is 5.66. The Labute approximate surface area is 154 Å². The molecule has 0 amide bonds. The molecule has 0 N–H and O–H groups in total. The van der Waals surface area contributed by atoms with Crippen molar-refractivity contribution < 1.29 is 32.2 Å². The van der Waals surface area contributed by atoms with E-state index >= 15 is 0 Å². The molecule has 0 radical (unpaired) electrons. The molecule has 0 aromatic heterocycles. The number of hydrogen-bond donors (Lipinski definition) is 0. The second kappa shape index (κ2) is 5.62. The monoisotopic (exact) mass is 383 g/mol. The van der Waals surface area contributed by atoms with Gasteiger partial charge in [-0.1, -0.05) is 0 Å². The van der Waals surface area contributed by atoms with Crippen LogP contribution in [0.1, 0.15) is 44.2 Å². The molecule has 2 fully saturated rings. The number of rotatable bonds is 0. The van der Waals surface area contributed by atoms with Crippen LogP contribution in [-0.4, -0.2) is 30.3 Å². The van der Waals surface area contributed by atoms with Gasteiger partial charge in [-0.15, -0.1) is 0 Å². The summed E-state index contributed by atoms with van der Waals surface area (Å²) in [5.74, 6) is -2.82. The molecule has 2 saturated heterocycles.